The molecule has 1 fully saturated rings. The molecule has 0 spiro atoms. The predicted molar refractivity (Wildman–Crippen MR) is 140 cm³/mol. The number of nitrogens with zero attached hydrogens (tertiary/aromatic N) is 1. The molecular weight excluding hydrogens is 454 g/mol. The molecule has 6 nitrogen and oxygen atoms in total. The summed E-state index contributed by atoms with van der Waals surface area (Å²) in [7, 11) is 0. The minimum atomic E-state index is -0.784. The van der Waals surface area contributed by atoms with Crippen molar-refractivity contribution in [3.8, 4) is 11.5 Å². The molecule has 1 heterocycles. The highest BCUT2D eigenvalue weighted by Crippen LogP contribution is 2.42. The van der Waals surface area contributed by atoms with E-state index in [0.29, 0.717) is 36.0 Å². The molecule has 0 radical (unpaired) electrons. The van der Waals surface area contributed by atoms with Gasteiger partial charge in [0.1, 0.15) is 17.3 Å². The summed E-state index contributed by atoms with van der Waals surface area (Å²) in [6, 6.07) is 22.5. The minimum Gasteiger partial charge on any atom is -0.507 e. The minimum absolute atomic E-state index is 0.0460. The first-order valence-electron chi connectivity index (χ1n) is 12.4. The Morgan fingerprint density at radius 2 is 1.61 bits per heavy atom. The van der Waals surface area contributed by atoms with Crippen molar-refractivity contribution in [1.82, 2.24) is 0 Å². The van der Waals surface area contributed by atoms with Gasteiger partial charge in [-0.3, -0.25) is 14.5 Å². The van der Waals surface area contributed by atoms with Crippen molar-refractivity contribution in [3.63, 3.8) is 0 Å². The van der Waals surface area contributed by atoms with Gasteiger partial charge >= 0.3 is 0 Å². The predicted octanol–water partition coefficient (Wildman–Crippen LogP) is 6.28. The first-order valence-corrected chi connectivity index (χ1v) is 12.4. The fourth-order valence-corrected chi connectivity index (χ4v) is 4.35. The van der Waals surface area contributed by atoms with Crippen LogP contribution in [-0.2, 0) is 9.59 Å². The maximum Gasteiger partial charge on any atom is 0.300 e. The Labute approximate surface area is 211 Å². The van der Waals surface area contributed by atoms with Gasteiger partial charge in [0, 0.05) is 17.3 Å². The molecular formula is C30H31NO5. The van der Waals surface area contributed by atoms with Crippen molar-refractivity contribution in [2.75, 3.05) is 18.1 Å². The largest absolute Gasteiger partial charge is 0.507 e. The molecule has 6 heteroatoms. The van der Waals surface area contributed by atoms with Crippen molar-refractivity contribution in [1.29, 1.82) is 0 Å². The van der Waals surface area contributed by atoms with Gasteiger partial charge in [0.15, 0.2) is 0 Å². The summed E-state index contributed by atoms with van der Waals surface area (Å²) in [6.07, 6.45) is 3.20. The number of benzene rings is 3. The number of ether oxygens (including phenoxy) is 2. The highest BCUT2D eigenvalue weighted by atomic mass is 16.5. The van der Waals surface area contributed by atoms with Crippen LogP contribution in [0.25, 0.3) is 5.76 Å². The number of ketones is 1. The number of hydrogen-bond acceptors (Lipinski definition) is 5. The summed E-state index contributed by atoms with van der Waals surface area (Å²) in [5.74, 6) is -0.366. The van der Waals surface area contributed by atoms with Crippen LogP contribution in [0.15, 0.2) is 84.4 Å². The highest BCUT2D eigenvalue weighted by Gasteiger charge is 2.47. The third-order valence-corrected chi connectivity index (χ3v) is 6.11. The zero-order valence-corrected chi connectivity index (χ0v) is 20.6. The second kappa shape index (κ2) is 11.6. The summed E-state index contributed by atoms with van der Waals surface area (Å²) < 4.78 is 11.4. The standard InChI is InChI=1S/C30H31NO5/c1-3-5-9-19-36-24-17-15-22(16-18-24)28(32)26-27(21-11-7-6-8-12-21)31(30(34)29(26)33)23-13-10-14-25(20-23)35-4-2/h6-8,10-18,20,27,32H,3-5,9,19H2,1-2H3/b28-26+. The van der Waals surface area contributed by atoms with Gasteiger partial charge < -0.3 is 14.6 Å². The lowest BCUT2D eigenvalue weighted by Gasteiger charge is -2.25. The molecule has 1 aliphatic rings. The molecule has 0 aliphatic carbocycles. The smallest absolute Gasteiger partial charge is 0.300 e. The van der Waals surface area contributed by atoms with E-state index in [9.17, 15) is 14.7 Å². The van der Waals surface area contributed by atoms with E-state index in [-0.39, 0.29) is 11.3 Å². The molecule has 0 bridgehead atoms. The summed E-state index contributed by atoms with van der Waals surface area (Å²) >= 11 is 0. The second-order valence-electron chi connectivity index (χ2n) is 8.59. The average molecular weight is 486 g/mol. The van der Waals surface area contributed by atoms with Crippen LogP contribution in [0, 0.1) is 0 Å². The Balaban J connectivity index is 1.74. The van der Waals surface area contributed by atoms with E-state index in [1.165, 1.54) is 4.90 Å². The third-order valence-electron chi connectivity index (χ3n) is 6.11. The van der Waals surface area contributed by atoms with E-state index in [1.54, 1.807) is 48.5 Å². The Morgan fingerprint density at radius 3 is 2.31 bits per heavy atom. The van der Waals surface area contributed by atoms with Gasteiger partial charge in [-0.15, -0.1) is 0 Å². The SMILES string of the molecule is CCCCCOc1ccc(/C(O)=C2\C(=O)C(=O)N(c3cccc(OCC)c3)C2c2ccccc2)cc1. The van der Waals surface area contributed by atoms with Gasteiger partial charge in [0.25, 0.3) is 11.7 Å². The number of anilines is 1. The van der Waals surface area contributed by atoms with Gasteiger partial charge in [-0.1, -0.05) is 56.2 Å². The fraction of sp³-hybridized carbons (Fsp3) is 0.267. The van der Waals surface area contributed by atoms with E-state index >= 15 is 0 Å². The Bertz CT molecular complexity index is 1230. The van der Waals surface area contributed by atoms with Crippen molar-refractivity contribution in [2.45, 2.75) is 39.2 Å². The van der Waals surface area contributed by atoms with E-state index in [1.807, 2.05) is 37.3 Å². The summed E-state index contributed by atoms with van der Waals surface area (Å²) in [4.78, 5) is 28.0. The molecule has 1 unspecified atom stereocenters. The lowest BCUT2D eigenvalue weighted by atomic mass is 9.95. The summed E-state index contributed by atoms with van der Waals surface area (Å²) in [5, 5.41) is 11.3. The molecule has 3 aromatic carbocycles. The molecule has 0 aromatic heterocycles. The van der Waals surface area contributed by atoms with E-state index in [0.717, 1.165) is 24.8 Å². The van der Waals surface area contributed by atoms with Gasteiger partial charge in [0.2, 0.25) is 0 Å². The summed E-state index contributed by atoms with van der Waals surface area (Å²) in [6.45, 7) is 5.12. The topological polar surface area (TPSA) is 76.1 Å². The van der Waals surface area contributed by atoms with Crippen molar-refractivity contribution >= 4 is 23.1 Å². The van der Waals surface area contributed by atoms with Crippen LogP contribution in [0.1, 0.15) is 50.3 Å². The quantitative estimate of drug-likeness (QED) is 0.158. The zero-order valence-electron chi connectivity index (χ0n) is 20.6. The number of aliphatic hydroxyl groups excluding tert-OH is 1. The van der Waals surface area contributed by atoms with Crippen LogP contribution in [0.2, 0.25) is 0 Å². The Hall–Kier alpha value is -4.06. The van der Waals surface area contributed by atoms with E-state index < -0.39 is 17.7 Å². The van der Waals surface area contributed by atoms with Crippen LogP contribution in [0.4, 0.5) is 5.69 Å². The average Bonchev–Trinajstić information content (AvgIpc) is 3.17. The number of carbonyl (C=O) groups excluding carboxylic acids is 2. The molecule has 186 valence electrons. The number of hydrogen-bond donors (Lipinski definition) is 1. The summed E-state index contributed by atoms with van der Waals surface area (Å²) in [5.41, 5.74) is 1.73. The normalized spacial score (nSPS) is 16.8. The monoisotopic (exact) mass is 485 g/mol. The van der Waals surface area contributed by atoms with Crippen molar-refractivity contribution in [3.05, 3.63) is 95.6 Å². The van der Waals surface area contributed by atoms with Gasteiger partial charge in [-0.25, -0.2) is 0 Å². The lowest BCUT2D eigenvalue weighted by Crippen LogP contribution is -2.29. The lowest BCUT2D eigenvalue weighted by molar-refractivity contribution is -0.132. The molecule has 1 amide bonds. The molecule has 36 heavy (non-hydrogen) atoms. The molecule has 1 N–H and O–H groups in total. The molecule has 3 aromatic rings. The van der Waals surface area contributed by atoms with Crippen molar-refractivity contribution < 1.29 is 24.2 Å². The Morgan fingerprint density at radius 1 is 0.861 bits per heavy atom. The second-order valence-corrected chi connectivity index (χ2v) is 8.59. The number of Topliss-reactive ketones (excluding diaryl/α,β-unsaturated/α-hetero) is 1. The fourth-order valence-electron chi connectivity index (χ4n) is 4.35. The van der Waals surface area contributed by atoms with E-state index in [2.05, 4.69) is 6.92 Å². The highest BCUT2D eigenvalue weighted by molar-refractivity contribution is 6.51. The van der Waals surface area contributed by atoms with Crippen LogP contribution in [0.3, 0.4) is 0 Å². The Kier molecular flexibility index (Phi) is 8.06. The van der Waals surface area contributed by atoms with Gasteiger partial charge in [0.05, 0.1) is 24.8 Å². The first kappa shape index (κ1) is 25.0. The molecule has 1 saturated heterocycles. The molecule has 1 atom stereocenters. The number of amides is 1. The molecule has 4 rings (SSSR count). The maximum atomic E-state index is 13.3. The van der Waals surface area contributed by atoms with Crippen LogP contribution in [-0.4, -0.2) is 30.0 Å². The van der Waals surface area contributed by atoms with Crippen LogP contribution in [0.5, 0.6) is 11.5 Å². The third kappa shape index (κ3) is 5.28. The number of rotatable bonds is 10. The van der Waals surface area contributed by atoms with Crippen molar-refractivity contribution in [2.24, 2.45) is 0 Å². The first-order chi connectivity index (χ1) is 17.5. The van der Waals surface area contributed by atoms with Gasteiger partial charge in [-0.05, 0) is 55.3 Å². The number of aliphatic hydroxyl groups is 1. The van der Waals surface area contributed by atoms with Gasteiger partial charge in [-0.2, -0.15) is 0 Å². The number of unbranched alkanes of at least 4 members (excludes halogenated alkanes) is 2. The molecule has 1 aliphatic heterocycles. The van der Waals surface area contributed by atoms with Crippen LogP contribution >= 0.6 is 0 Å². The maximum absolute atomic E-state index is 13.3. The van der Waals surface area contributed by atoms with Crippen LogP contribution < -0.4 is 14.4 Å². The molecule has 0 saturated carbocycles. The van der Waals surface area contributed by atoms with E-state index in [4.69, 9.17) is 9.47 Å². The number of carbonyl (C=O) groups is 2. The zero-order chi connectivity index (χ0) is 25.5.